The second-order valence-corrected chi connectivity index (χ2v) is 3.39. The molecule has 16 heavy (non-hydrogen) atoms. The first-order chi connectivity index (χ1) is 7.57. The molecule has 0 aliphatic carbocycles. The summed E-state index contributed by atoms with van der Waals surface area (Å²) in [7, 11) is 2.84. The van der Waals surface area contributed by atoms with Gasteiger partial charge in [-0.25, -0.2) is 4.79 Å². The third kappa shape index (κ3) is 2.53. The number of carbonyl (C=O) groups excluding carboxylic acids is 1. The van der Waals surface area contributed by atoms with Gasteiger partial charge in [0, 0.05) is 7.05 Å². The van der Waals surface area contributed by atoms with Crippen LogP contribution in [0.15, 0.2) is 42.7 Å². The molecule has 1 atom stereocenters. The lowest BCUT2D eigenvalue weighted by Gasteiger charge is -2.26. The number of methoxy groups -OCH3 is 1. The van der Waals surface area contributed by atoms with Crippen molar-refractivity contribution < 1.29 is 14.6 Å². The first-order valence-electron chi connectivity index (χ1n) is 4.81. The maximum absolute atomic E-state index is 11.4. The largest absolute Gasteiger partial charge is 0.510 e. The number of hydrogen-bond donors (Lipinski definition) is 1. The van der Waals surface area contributed by atoms with Gasteiger partial charge in [-0.05, 0) is 5.56 Å². The van der Waals surface area contributed by atoms with Crippen molar-refractivity contribution >= 4 is 6.09 Å². The highest BCUT2D eigenvalue weighted by Crippen LogP contribution is 2.24. The number of rotatable bonds is 3. The molecule has 0 aromatic heterocycles. The lowest BCUT2D eigenvalue weighted by molar-refractivity contribution is 0.114. The molecule has 4 heteroatoms. The first-order valence-corrected chi connectivity index (χ1v) is 4.81. The number of hydrogen-bond acceptors (Lipinski definition) is 3. The van der Waals surface area contributed by atoms with E-state index in [9.17, 15) is 9.90 Å². The summed E-state index contributed by atoms with van der Waals surface area (Å²) >= 11 is 0. The molecule has 0 bridgehead atoms. The maximum Gasteiger partial charge on any atom is 0.410 e. The zero-order chi connectivity index (χ0) is 12.1. The molecular formula is C12H15NO3. The Kier molecular flexibility index (Phi) is 3.94. The molecular weight excluding hydrogens is 206 g/mol. The lowest BCUT2D eigenvalue weighted by atomic mass is 10.0. The zero-order valence-corrected chi connectivity index (χ0v) is 9.38. The van der Waals surface area contributed by atoms with Gasteiger partial charge in [-0.15, -0.1) is 0 Å². The van der Waals surface area contributed by atoms with Gasteiger partial charge in [-0.3, -0.25) is 4.90 Å². The normalized spacial score (nSPS) is 11.6. The van der Waals surface area contributed by atoms with Gasteiger partial charge in [-0.1, -0.05) is 36.9 Å². The third-order valence-electron chi connectivity index (χ3n) is 2.28. The topological polar surface area (TPSA) is 49.8 Å². The number of benzene rings is 1. The minimum atomic E-state index is -0.589. The Balaban J connectivity index is 3.01. The summed E-state index contributed by atoms with van der Waals surface area (Å²) in [6, 6.07) is 8.55. The fourth-order valence-corrected chi connectivity index (χ4v) is 1.52. The van der Waals surface area contributed by atoms with Crippen LogP contribution in [0, 0.1) is 0 Å². The van der Waals surface area contributed by atoms with Crippen LogP contribution < -0.4 is 0 Å². The van der Waals surface area contributed by atoms with E-state index in [4.69, 9.17) is 0 Å². The van der Waals surface area contributed by atoms with Gasteiger partial charge in [-0.2, -0.15) is 0 Å². The lowest BCUT2D eigenvalue weighted by Crippen LogP contribution is -2.32. The average Bonchev–Trinajstić information content (AvgIpc) is 2.29. The Bertz CT molecular complexity index is 375. The second kappa shape index (κ2) is 5.21. The van der Waals surface area contributed by atoms with Crippen LogP contribution in [-0.4, -0.2) is 30.3 Å². The van der Waals surface area contributed by atoms with E-state index in [0.29, 0.717) is 0 Å². The number of carbonyl (C=O) groups is 1. The molecule has 0 fully saturated rings. The standard InChI is InChI=1S/C12H15NO3/c1-9(14)11(13(2)12(15)16-3)10-7-5-4-6-8-10/h4-8,11,14H,1H2,2-3H3/t11-/m0/s1. The van der Waals surface area contributed by atoms with Gasteiger partial charge in [0.15, 0.2) is 0 Å². The minimum absolute atomic E-state index is 0.0981. The van der Waals surface area contributed by atoms with Crippen molar-refractivity contribution in [3.05, 3.63) is 48.2 Å². The Morgan fingerprint density at radius 1 is 1.44 bits per heavy atom. The molecule has 1 rings (SSSR count). The van der Waals surface area contributed by atoms with Crippen molar-refractivity contribution in [3.63, 3.8) is 0 Å². The molecule has 0 radical (unpaired) electrons. The number of ether oxygens (including phenoxy) is 1. The van der Waals surface area contributed by atoms with Gasteiger partial charge >= 0.3 is 6.09 Å². The third-order valence-corrected chi connectivity index (χ3v) is 2.28. The number of amides is 1. The predicted octanol–water partition coefficient (Wildman–Crippen LogP) is 2.50. The summed E-state index contributed by atoms with van der Waals surface area (Å²) in [4.78, 5) is 12.7. The molecule has 0 heterocycles. The van der Waals surface area contributed by atoms with Crippen molar-refractivity contribution in [1.29, 1.82) is 0 Å². The molecule has 0 unspecified atom stereocenters. The molecule has 0 spiro atoms. The van der Waals surface area contributed by atoms with Crippen molar-refractivity contribution in [2.75, 3.05) is 14.2 Å². The number of nitrogens with zero attached hydrogens (tertiary/aromatic N) is 1. The fraction of sp³-hybridized carbons (Fsp3) is 0.250. The summed E-state index contributed by atoms with van der Waals surface area (Å²) in [6.07, 6.45) is -0.524. The van der Waals surface area contributed by atoms with Crippen LogP contribution in [0.25, 0.3) is 0 Å². The van der Waals surface area contributed by atoms with Crippen LogP contribution in [0.2, 0.25) is 0 Å². The summed E-state index contributed by atoms with van der Waals surface area (Å²) < 4.78 is 4.60. The molecule has 4 nitrogen and oxygen atoms in total. The van der Waals surface area contributed by atoms with E-state index in [-0.39, 0.29) is 5.76 Å². The average molecular weight is 221 g/mol. The molecule has 0 aliphatic heterocycles. The molecule has 0 saturated carbocycles. The Hall–Kier alpha value is -1.97. The van der Waals surface area contributed by atoms with Crippen LogP contribution in [0.3, 0.4) is 0 Å². The second-order valence-electron chi connectivity index (χ2n) is 3.39. The highest BCUT2D eigenvalue weighted by atomic mass is 16.5. The Morgan fingerprint density at radius 2 is 2.00 bits per heavy atom. The molecule has 0 saturated heterocycles. The van der Waals surface area contributed by atoms with E-state index in [1.54, 1.807) is 7.05 Å². The van der Waals surface area contributed by atoms with Gasteiger partial charge in [0.2, 0.25) is 0 Å². The van der Waals surface area contributed by atoms with Crippen molar-refractivity contribution in [1.82, 2.24) is 4.90 Å². The van der Waals surface area contributed by atoms with E-state index >= 15 is 0 Å². The van der Waals surface area contributed by atoms with Gasteiger partial charge < -0.3 is 9.84 Å². The first kappa shape index (κ1) is 12.1. The van der Waals surface area contributed by atoms with Crippen LogP contribution in [-0.2, 0) is 4.74 Å². The monoisotopic (exact) mass is 221 g/mol. The van der Waals surface area contributed by atoms with E-state index < -0.39 is 12.1 Å². The molecule has 86 valence electrons. The van der Waals surface area contributed by atoms with E-state index in [0.717, 1.165) is 5.56 Å². The summed E-state index contributed by atoms with van der Waals surface area (Å²) in [5.41, 5.74) is 0.780. The van der Waals surface area contributed by atoms with E-state index in [1.165, 1.54) is 12.0 Å². The fourth-order valence-electron chi connectivity index (χ4n) is 1.52. The van der Waals surface area contributed by atoms with Crippen LogP contribution in [0.5, 0.6) is 0 Å². The number of likely N-dealkylation sites (N-methyl/N-ethyl adjacent to an activating group) is 1. The van der Waals surface area contributed by atoms with E-state index in [2.05, 4.69) is 11.3 Å². The minimum Gasteiger partial charge on any atom is -0.510 e. The Morgan fingerprint density at radius 3 is 2.44 bits per heavy atom. The molecule has 1 amide bonds. The zero-order valence-electron chi connectivity index (χ0n) is 9.38. The maximum atomic E-state index is 11.4. The quantitative estimate of drug-likeness (QED) is 0.798. The summed E-state index contributed by atoms with van der Waals surface area (Å²) in [5, 5.41) is 9.54. The summed E-state index contributed by atoms with van der Waals surface area (Å²) in [6.45, 7) is 3.48. The van der Waals surface area contributed by atoms with Crippen molar-refractivity contribution in [2.24, 2.45) is 0 Å². The number of aliphatic hydroxyl groups is 1. The molecule has 0 aliphatic rings. The smallest absolute Gasteiger partial charge is 0.410 e. The van der Waals surface area contributed by atoms with Crippen LogP contribution >= 0.6 is 0 Å². The van der Waals surface area contributed by atoms with Gasteiger partial charge in [0.1, 0.15) is 11.8 Å². The highest BCUT2D eigenvalue weighted by molar-refractivity contribution is 5.68. The van der Waals surface area contributed by atoms with Crippen molar-refractivity contribution in [3.8, 4) is 0 Å². The predicted molar refractivity (Wildman–Crippen MR) is 61.1 cm³/mol. The molecule has 1 aromatic carbocycles. The van der Waals surface area contributed by atoms with Gasteiger partial charge in [0.05, 0.1) is 7.11 Å². The molecule has 1 aromatic rings. The molecule has 1 N–H and O–H groups in total. The van der Waals surface area contributed by atoms with E-state index in [1.807, 2.05) is 30.3 Å². The van der Waals surface area contributed by atoms with Crippen LogP contribution in [0.1, 0.15) is 11.6 Å². The Labute approximate surface area is 94.8 Å². The highest BCUT2D eigenvalue weighted by Gasteiger charge is 2.24. The van der Waals surface area contributed by atoms with Crippen molar-refractivity contribution in [2.45, 2.75) is 6.04 Å². The van der Waals surface area contributed by atoms with Gasteiger partial charge in [0.25, 0.3) is 0 Å². The van der Waals surface area contributed by atoms with Crippen LogP contribution in [0.4, 0.5) is 4.79 Å². The number of aliphatic hydroxyl groups excluding tert-OH is 1. The SMILES string of the molecule is C=C(O)[C@@H](c1ccccc1)N(C)C(=O)OC. The summed E-state index contributed by atoms with van der Waals surface area (Å²) in [5.74, 6) is -0.0981.